The van der Waals surface area contributed by atoms with Gasteiger partial charge in [0.2, 0.25) is 5.91 Å². The van der Waals surface area contributed by atoms with Crippen molar-refractivity contribution in [2.24, 2.45) is 0 Å². The van der Waals surface area contributed by atoms with Gasteiger partial charge in [0.15, 0.2) is 5.82 Å². The molecule has 1 aromatic rings. The Labute approximate surface area is 111 Å². The predicted octanol–water partition coefficient (Wildman–Crippen LogP) is 0.807. The molecule has 0 fully saturated rings. The number of hydrogen-bond donors (Lipinski definition) is 1. The number of likely N-dealkylation sites (N-methyl/N-ethyl adjacent to an activating group) is 1. The lowest BCUT2D eigenvalue weighted by molar-refractivity contribution is -0.144. The van der Waals surface area contributed by atoms with E-state index >= 15 is 0 Å². The fourth-order valence-electron chi connectivity index (χ4n) is 1.43. The molecule has 0 atom stereocenters. The van der Waals surface area contributed by atoms with Gasteiger partial charge in [0.25, 0.3) is 0 Å². The van der Waals surface area contributed by atoms with E-state index in [4.69, 9.17) is 9.26 Å². The second-order valence-electron chi connectivity index (χ2n) is 4.16. The predicted molar refractivity (Wildman–Crippen MR) is 68.6 cm³/mol. The molecule has 0 aliphatic heterocycles. The van der Waals surface area contributed by atoms with Gasteiger partial charge in [0.05, 0.1) is 13.2 Å². The van der Waals surface area contributed by atoms with Crippen LogP contribution in [0.25, 0.3) is 0 Å². The first-order valence-electron chi connectivity index (χ1n) is 6.08. The number of aryl methyl sites for hydroxylation is 1. The lowest BCUT2D eigenvalue weighted by Gasteiger charge is -2.14. The largest absolute Gasteiger partial charge is 0.465 e. The number of rotatable bonds is 7. The molecule has 0 spiro atoms. The maximum Gasteiger partial charge on any atom is 0.320 e. The average molecular weight is 269 g/mol. The molecule has 19 heavy (non-hydrogen) atoms. The smallest absolute Gasteiger partial charge is 0.320 e. The van der Waals surface area contributed by atoms with Crippen LogP contribution in [0, 0.1) is 6.92 Å². The standard InChI is InChI=1S/C12H19N3O4/c1-4-18-12(17)8-15(3)6-5-11(16)13-10-7-9(2)19-14-10/h7H,4-6,8H2,1-3H3,(H,13,14,16). The van der Waals surface area contributed by atoms with Gasteiger partial charge in [-0.2, -0.15) is 0 Å². The summed E-state index contributed by atoms with van der Waals surface area (Å²) in [5, 5.41) is 6.27. The molecule has 0 aliphatic carbocycles. The van der Waals surface area contributed by atoms with Gasteiger partial charge in [-0.1, -0.05) is 5.16 Å². The Morgan fingerprint density at radius 2 is 2.26 bits per heavy atom. The Morgan fingerprint density at radius 1 is 1.53 bits per heavy atom. The summed E-state index contributed by atoms with van der Waals surface area (Å²) < 4.78 is 9.65. The molecule has 7 nitrogen and oxygen atoms in total. The van der Waals surface area contributed by atoms with Crippen molar-refractivity contribution in [2.75, 3.05) is 32.1 Å². The Balaban J connectivity index is 2.24. The third-order valence-corrected chi connectivity index (χ3v) is 2.32. The number of esters is 1. The number of ether oxygens (including phenoxy) is 1. The van der Waals surface area contributed by atoms with Crippen molar-refractivity contribution in [1.29, 1.82) is 0 Å². The van der Waals surface area contributed by atoms with Crippen LogP contribution >= 0.6 is 0 Å². The summed E-state index contributed by atoms with van der Waals surface area (Å²) in [6, 6.07) is 1.64. The van der Waals surface area contributed by atoms with E-state index in [1.54, 1.807) is 31.9 Å². The van der Waals surface area contributed by atoms with Crippen molar-refractivity contribution in [1.82, 2.24) is 10.1 Å². The van der Waals surface area contributed by atoms with Crippen LogP contribution < -0.4 is 5.32 Å². The highest BCUT2D eigenvalue weighted by molar-refractivity contribution is 5.89. The highest BCUT2D eigenvalue weighted by Gasteiger charge is 2.10. The molecule has 0 saturated heterocycles. The second kappa shape index (κ2) is 7.52. The van der Waals surface area contributed by atoms with Crippen molar-refractivity contribution < 1.29 is 18.8 Å². The maximum atomic E-state index is 11.6. The molecule has 0 unspecified atom stereocenters. The number of aromatic nitrogens is 1. The molecule has 1 aromatic heterocycles. The minimum absolute atomic E-state index is 0.171. The van der Waals surface area contributed by atoms with Crippen LogP contribution in [-0.2, 0) is 14.3 Å². The number of nitrogens with zero attached hydrogens (tertiary/aromatic N) is 2. The summed E-state index contributed by atoms with van der Waals surface area (Å²) in [5.74, 6) is 0.562. The summed E-state index contributed by atoms with van der Waals surface area (Å²) in [5.41, 5.74) is 0. The molecular formula is C12H19N3O4. The van der Waals surface area contributed by atoms with Crippen molar-refractivity contribution in [2.45, 2.75) is 20.3 Å². The minimum atomic E-state index is -0.294. The van der Waals surface area contributed by atoms with Gasteiger partial charge >= 0.3 is 5.97 Å². The van der Waals surface area contributed by atoms with Gasteiger partial charge in [-0.05, 0) is 20.9 Å². The van der Waals surface area contributed by atoms with E-state index < -0.39 is 0 Å². The quantitative estimate of drug-likeness (QED) is 0.737. The molecule has 1 N–H and O–H groups in total. The third-order valence-electron chi connectivity index (χ3n) is 2.32. The number of amides is 1. The molecule has 1 heterocycles. The highest BCUT2D eigenvalue weighted by Crippen LogP contribution is 2.07. The van der Waals surface area contributed by atoms with Crippen LogP contribution in [0.4, 0.5) is 5.82 Å². The maximum absolute atomic E-state index is 11.6. The van der Waals surface area contributed by atoms with Crippen LogP contribution in [0.15, 0.2) is 10.6 Å². The summed E-state index contributed by atoms with van der Waals surface area (Å²) in [7, 11) is 1.75. The Bertz CT molecular complexity index is 430. The van der Waals surface area contributed by atoms with Crippen LogP contribution in [0.1, 0.15) is 19.1 Å². The normalized spacial score (nSPS) is 10.5. The van der Waals surface area contributed by atoms with Crippen LogP contribution in [0.3, 0.4) is 0 Å². The highest BCUT2D eigenvalue weighted by atomic mass is 16.5. The molecule has 0 saturated carbocycles. The van der Waals surface area contributed by atoms with Crippen LogP contribution in [0.5, 0.6) is 0 Å². The number of carbonyl (C=O) groups is 2. The van der Waals surface area contributed by atoms with E-state index in [-0.39, 0.29) is 24.8 Å². The molecular weight excluding hydrogens is 250 g/mol. The molecule has 1 rings (SSSR count). The van der Waals surface area contributed by atoms with Crippen molar-refractivity contribution >= 4 is 17.7 Å². The van der Waals surface area contributed by atoms with E-state index in [1.807, 2.05) is 0 Å². The number of hydrogen-bond acceptors (Lipinski definition) is 6. The number of carbonyl (C=O) groups excluding carboxylic acids is 2. The van der Waals surface area contributed by atoms with Gasteiger partial charge in [-0.15, -0.1) is 0 Å². The fourth-order valence-corrected chi connectivity index (χ4v) is 1.43. The zero-order valence-corrected chi connectivity index (χ0v) is 11.4. The van der Waals surface area contributed by atoms with Crippen molar-refractivity contribution in [3.05, 3.63) is 11.8 Å². The monoisotopic (exact) mass is 269 g/mol. The summed E-state index contributed by atoms with van der Waals surface area (Å²) >= 11 is 0. The number of anilines is 1. The van der Waals surface area contributed by atoms with Crippen molar-refractivity contribution in [3.8, 4) is 0 Å². The Kier molecular flexibility index (Phi) is 6.01. The zero-order valence-electron chi connectivity index (χ0n) is 11.4. The van der Waals surface area contributed by atoms with E-state index in [9.17, 15) is 9.59 Å². The first-order valence-corrected chi connectivity index (χ1v) is 6.08. The summed E-state index contributed by atoms with van der Waals surface area (Å²) in [6.45, 7) is 4.49. The average Bonchev–Trinajstić information content (AvgIpc) is 2.72. The molecule has 0 aromatic carbocycles. The summed E-state index contributed by atoms with van der Waals surface area (Å²) in [6.07, 6.45) is 0.266. The molecule has 0 bridgehead atoms. The van der Waals surface area contributed by atoms with Gasteiger partial charge in [-0.25, -0.2) is 0 Å². The Morgan fingerprint density at radius 3 is 2.84 bits per heavy atom. The fraction of sp³-hybridized carbons (Fsp3) is 0.583. The van der Waals surface area contributed by atoms with Gasteiger partial charge in [0.1, 0.15) is 5.76 Å². The Hall–Kier alpha value is -1.89. The molecule has 0 aliphatic rings. The van der Waals surface area contributed by atoms with Crippen molar-refractivity contribution in [3.63, 3.8) is 0 Å². The van der Waals surface area contributed by atoms with Gasteiger partial charge in [-0.3, -0.25) is 14.5 Å². The molecule has 106 valence electrons. The first kappa shape index (κ1) is 15.2. The van der Waals surface area contributed by atoms with Gasteiger partial charge in [0, 0.05) is 19.0 Å². The zero-order chi connectivity index (χ0) is 14.3. The number of nitrogens with one attached hydrogen (secondary N) is 1. The van der Waals surface area contributed by atoms with E-state index in [2.05, 4.69) is 10.5 Å². The van der Waals surface area contributed by atoms with Crippen LogP contribution in [-0.4, -0.2) is 48.7 Å². The lowest BCUT2D eigenvalue weighted by Crippen LogP contribution is -2.30. The van der Waals surface area contributed by atoms with E-state index in [1.165, 1.54) is 0 Å². The van der Waals surface area contributed by atoms with Gasteiger partial charge < -0.3 is 14.6 Å². The minimum Gasteiger partial charge on any atom is -0.465 e. The van der Waals surface area contributed by atoms with E-state index in [0.717, 1.165) is 0 Å². The first-order chi connectivity index (χ1) is 9.01. The molecule has 0 radical (unpaired) electrons. The lowest BCUT2D eigenvalue weighted by atomic mass is 10.3. The third kappa shape index (κ3) is 6.01. The molecule has 1 amide bonds. The second-order valence-corrected chi connectivity index (χ2v) is 4.16. The SMILES string of the molecule is CCOC(=O)CN(C)CCC(=O)Nc1cc(C)on1. The van der Waals surface area contributed by atoms with E-state index in [0.29, 0.717) is 24.7 Å². The topological polar surface area (TPSA) is 84.7 Å². The molecule has 7 heteroatoms. The van der Waals surface area contributed by atoms with Crippen LogP contribution in [0.2, 0.25) is 0 Å². The summed E-state index contributed by atoms with van der Waals surface area (Å²) in [4.78, 5) is 24.5.